The predicted molar refractivity (Wildman–Crippen MR) is 96.9 cm³/mol. The van der Waals surface area contributed by atoms with E-state index in [1.807, 2.05) is 0 Å². The molecule has 3 heteroatoms. The Hall–Kier alpha value is -0.570. The van der Waals surface area contributed by atoms with Gasteiger partial charge < -0.3 is 10.6 Å². The van der Waals surface area contributed by atoms with Crippen LogP contribution in [-0.4, -0.2) is 30.4 Å². The molecule has 0 heterocycles. The van der Waals surface area contributed by atoms with E-state index in [0.29, 0.717) is 12.5 Å². The van der Waals surface area contributed by atoms with Crippen molar-refractivity contribution in [3.8, 4) is 0 Å². The van der Waals surface area contributed by atoms with Crippen LogP contribution >= 0.6 is 0 Å². The number of carbonyl (C=O) groups is 1. The normalized spacial score (nSPS) is 12.4. The van der Waals surface area contributed by atoms with Crippen LogP contribution in [0.3, 0.4) is 0 Å². The fourth-order valence-electron chi connectivity index (χ4n) is 2.86. The molecule has 0 aliphatic carbocycles. The van der Waals surface area contributed by atoms with E-state index in [0.717, 1.165) is 58.0 Å². The van der Waals surface area contributed by atoms with Crippen LogP contribution in [0.5, 0.6) is 0 Å². The number of nitrogens with zero attached hydrogens (tertiary/aromatic N) is 1. The van der Waals surface area contributed by atoms with Gasteiger partial charge in [0, 0.05) is 19.0 Å². The van der Waals surface area contributed by atoms with E-state index in [-0.39, 0.29) is 5.92 Å². The van der Waals surface area contributed by atoms with Gasteiger partial charge in [0.25, 0.3) is 0 Å². The number of carbonyl (C=O) groups excluding carboxylic acids is 1. The molecule has 1 atom stereocenters. The molecular formula is C19H40N2O. The van der Waals surface area contributed by atoms with Crippen molar-refractivity contribution >= 4 is 5.91 Å². The molecule has 0 rings (SSSR count). The highest BCUT2D eigenvalue weighted by molar-refractivity contribution is 5.78. The molecule has 0 spiro atoms. The smallest absolute Gasteiger partial charge is 0.225 e. The Morgan fingerprint density at radius 3 is 1.86 bits per heavy atom. The van der Waals surface area contributed by atoms with Gasteiger partial charge >= 0.3 is 0 Å². The van der Waals surface area contributed by atoms with Crippen LogP contribution in [0.1, 0.15) is 91.4 Å². The molecule has 0 radical (unpaired) electrons. The number of unbranched alkanes of at least 4 members (excludes halogenated alkanes) is 5. The number of nitrogens with two attached hydrogens (primary N) is 1. The topological polar surface area (TPSA) is 46.3 Å². The second kappa shape index (κ2) is 15.3. The largest absolute Gasteiger partial charge is 0.342 e. The molecule has 0 aromatic carbocycles. The van der Waals surface area contributed by atoms with Crippen LogP contribution in [0, 0.1) is 5.92 Å². The fourth-order valence-corrected chi connectivity index (χ4v) is 2.86. The Labute approximate surface area is 139 Å². The van der Waals surface area contributed by atoms with Crippen molar-refractivity contribution in [3.05, 3.63) is 0 Å². The van der Waals surface area contributed by atoms with E-state index in [9.17, 15) is 4.79 Å². The van der Waals surface area contributed by atoms with Crippen molar-refractivity contribution in [2.24, 2.45) is 11.7 Å². The highest BCUT2D eigenvalue weighted by Gasteiger charge is 2.22. The van der Waals surface area contributed by atoms with E-state index in [1.54, 1.807) is 0 Å². The lowest BCUT2D eigenvalue weighted by atomic mass is 9.94. The van der Waals surface area contributed by atoms with E-state index in [2.05, 4.69) is 25.7 Å². The van der Waals surface area contributed by atoms with Crippen LogP contribution in [0.15, 0.2) is 0 Å². The minimum absolute atomic E-state index is 0.203. The van der Waals surface area contributed by atoms with Gasteiger partial charge in [-0.25, -0.2) is 0 Å². The van der Waals surface area contributed by atoms with Gasteiger partial charge in [0.15, 0.2) is 0 Å². The molecule has 0 saturated carbocycles. The minimum atomic E-state index is 0.203. The minimum Gasteiger partial charge on any atom is -0.342 e. The van der Waals surface area contributed by atoms with E-state index in [4.69, 9.17) is 5.73 Å². The van der Waals surface area contributed by atoms with Crippen LogP contribution in [0.4, 0.5) is 0 Å². The molecule has 1 unspecified atom stereocenters. The molecule has 0 bridgehead atoms. The zero-order chi connectivity index (χ0) is 16.6. The molecule has 0 fully saturated rings. The van der Waals surface area contributed by atoms with Crippen molar-refractivity contribution in [1.29, 1.82) is 0 Å². The fraction of sp³-hybridized carbons (Fsp3) is 0.947. The monoisotopic (exact) mass is 312 g/mol. The molecule has 0 aliphatic heterocycles. The quantitative estimate of drug-likeness (QED) is 0.444. The van der Waals surface area contributed by atoms with E-state index < -0.39 is 0 Å². The first-order valence-electron chi connectivity index (χ1n) is 9.69. The molecule has 0 aromatic rings. The second-order valence-electron chi connectivity index (χ2n) is 6.51. The molecular weight excluding hydrogens is 272 g/mol. The molecule has 0 aliphatic rings. The summed E-state index contributed by atoms with van der Waals surface area (Å²) in [6.07, 6.45) is 12.5. The van der Waals surface area contributed by atoms with Gasteiger partial charge in [0.1, 0.15) is 0 Å². The summed E-state index contributed by atoms with van der Waals surface area (Å²) in [4.78, 5) is 15.0. The van der Waals surface area contributed by atoms with Gasteiger partial charge in [-0.2, -0.15) is 0 Å². The molecule has 132 valence electrons. The third-order valence-electron chi connectivity index (χ3n) is 4.39. The van der Waals surface area contributed by atoms with Crippen LogP contribution in [0.2, 0.25) is 0 Å². The Morgan fingerprint density at radius 1 is 0.818 bits per heavy atom. The molecule has 2 N–H and O–H groups in total. The van der Waals surface area contributed by atoms with E-state index >= 15 is 0 Å². The zero-order valence-electron chi connectivity index (χ0n) is 15.4. The Balaban J connectivity index is 4.53. The highest BCUT2D eigenvalue weighted by atomic mass is 16.2. The Kier molecular flexibility index (Phi) is 14.9. The first-order valence-corrected chi connectivity index (χ1v) is 9.69. The standard InChI is InChI=1S/C19H40N2O/c1-4-7-10-11-13-18(14-12-15-20)19(22)21(16-8-5-2)17-9-6-3/h18H,4-17,20H2,1-3H3. The lowest BCUT2D eigenvalue weighted by Gasteiger charge is -2.27. The average Bonchev–Trinajstić information content (AvgIpc) is 2.54. The maximum atomic E-state index is 12.9. The number of amides is 1. The third-order valence-corrected chi connectivity index (χ3v) is 4.39. The maximum Gasteiger partial charge on any atom is 0.225 e. The van der Waals surface area contributed by atoms with Crippen molar-refractivity contribution in [2.45, 2.75) is 91.4 Å². The summed E-state index contributed by atoms with van der Waals surface area (Å²) in [6.45, 7) is 9.18. The molecule has 22 heavy (non-hydrogen) atoms. The summed E-state index contributed by atoms with van der Waals surface area (Å²) in [5, 5.41) is 0. The van der Waals surface area contributed by atoms with Gasteiger partial charge in [0.05, 0.1) is 0 Å². The highest BCUT2D eigenvalue weighted by Crippen LogP contribution is 2.20. The number of hydrogen-bond donors (Lipinski definition) is 1. The molecule has 3 nitrogen and oxygen atoms in total. The lowest BCUT2D eigenvalue weighted by Crippen LogP contribution is -2.38. The summed E-state index contributed by atoms with van der Waals surface area (Å²) in [5.41, 5.74) is 5.66. The summed E-state index contributed by atoms with van der Waals surface area (Å²) in [7, 11) is 0. The van der Waals surface area contributed by atoms with E-state index in [1.165, 1.54) is 25.7 Å². The second-order valence-corrected chi connectivity index (χ2v) is 6.51. The Bertz CT molecular complexity index is 248. The lowest BCUT2D eigenvalue weighted by molar-refractivity contribution is -0.136. The Morgan fingerprint density at radius 2 is 1.36 bits per heavy atom. The van der Waals surface area contributed by atoms with Gasteiger partial charge in [0.2, 0.25) is 5.91 Å². The number of rotatable bonds is 15. The van der Waals surface area contributed by atoms with Gasteiger partial charge in [-0.3, -0.25) is 4.79 Å². The van der Waals surface area contributed by atoms with Crippen LogP contribution < -0.4 is 5.73 Å². The van der Waals surface area contributed by atoms with Gasteiger partial charge in [-0.1, -0.05) is 59.3 Å². The average molecular weight is 313 g/mol. The SMILES string of the molecule is CCCCCCC(CCCN)C(=O)N(CCCC)CCCC. The predicted octanol–water partition coefficient (Wildman–Crippen LogP) is 4.74. The molecule has 1 amide bonds. The van der Waals surface area contributed by atoms with Gasteiger partial charge in [-0.05, 0) is 38.6 Å². The van der Waals surface area contributed by atoms with Crippen molar-refractivity contribution in [3.63, 3.8) is 0 Å². The van der Waals surface area contributed by atoms with Gasteiger partial charge in [-0.15, -0.1) is 0 Å². The first-order chi connectivity index (χ1) is 10.7. The summed E-state index contributed by atoms with van der Waals surface area (Å²) in [5.74, 6) is 0.598. The van der Waals surface area contributed by atoms with Crippen molar-refractivity contribution < 1.29 is 4.79 Å². The molecule has 0 saturated heterocycles. The first kappa shape index (κ1) is 21.4. The maximum absolute atomic E-state index is 12.9. The van der Waals surface area contributed by atoms with Crippen molar-refractivity contribution in [1.82, 2.24) is 4.90 Å². The van der Waals surface area contributed by atoms with Crippen LogP contribution in [0.25, 0.3) is 0 Å². The zero-order valence-corrected chi connectivity index (χ0v) is 15.4. The van der Waals surface area contributed by atoms with Crippen molar-refractivity contribution in [2.75, 3.05) is 19.6 Å². The summed E-state index contributed by atoms with van der Waals surface area (Å²) in [6, 6.07) is 0. The number of hydrogen-bond acceptors (Lipinski definition) is 2. The summed E-state index contributed by atoms with van der Waals surface area (Å²) >= 11 is 0. The third kappa shape index (κ3) is 10.2. The summed E-state index contributed by atoms with van der Waals surface area (Å²) < 4.78 is 0. The van der Waals surface area contributed by atoms with Crippen LogP contribution in [-0.2, 0) is 4.79 Å². The molecule has 0 aromatic heterocycles.